The number of aliphatic imine (C=N–C) groups is 1. The maximum Gasteiger partial charge on any atom is 0.251 e. The fourth-order valence-electron chi connectivity index (χ4n) is 2.76. The number of amides is 1. The van der Waals surface area contributed by atoms with Crippen molar-refractivity contribution in [2.24, 2.45) is 4.99 Å². The number of hydrogen-bond acceptors (Lipinski definition) is 5. The van der Waals surface area contributed by atoms with Crippen LogP contribution in [0.2, 0.25) is 0 Å². The third-order valence-electron chi connectivity index (χ3n) is 4.32. The lowest BCUT2D eigenvalue weighted by atomic mass is 10.1. The SMILES string of the molecule is C#COC.Nc1ccc(CNC(=O)c2ccc3c(c2)N=C(Cl)c2ccccc2S3)cc1. The predicted octanol–water partition coefficient (Wildman–Crippen LogP) is 5.20. The minimum Gasteiger partial charge on any atom is -0.450 e. The lowest BCUT2D eigenvalue weighted by Crippen LogP contribution is -2.22. The molecule has 5 nitrogen and oxygen atoms in total. The molecule has 0 fully saturated rings. The molecule has 3 N–H and O–H groups in total. The molecule has 156 valence electrons. The minimum atomic E-state index is -0.160. The van der Waals surface area contributed by atoms with E-state index in [-0.39, 0.29) is 5.91 Å². The van der Waals surface area contributed by atoms with E-state index in [0.717, 1.165) is 20.9 Å². The molecule has 3 aromatic carbocycles. The number of nitrogen functional groups attached to an aromatic ring is 1. The molecule has 1 aliphatic rings. The van der Waals surface area contributed by atoms with E-state index in [2.05, 4.69) is 21.5 Å². The average molecular weight is 450 g/mol. The molecule has 3 aromatic rings. The highest BCUT2D eigenvalue weighted by molar-refractivity contribution is 7.99. The molecule has 7 heteroatoms. The van der Waals surface area contributed by atoms with Crippen LogP contribution in [0.1, 0.15) is 21.5 Å². The summed E-state index contributed by atoms with van der Waals surface area (Å²) in [7, 11) is 1.44. The first-order chi connectivity index (χ1) is 15.0. The van der Waals surface area contributed by atoms with Crippen molar-refractivity contribution >= 4 is 45.8 Å². The van der Waals surface area contributed by atoms with Gasteiger partial charge in [0.2, 0.25) is 0 Å². The van der Waals surface area contributed by atoms with Gasteiger partial charge in [-0.25, -0.2) is 4.99 Å². The summed E-state index contributed by atoms with van der Waals surface area (Å²) in [6, 6.07) is 20.8. The van der Waals surface area contributed by atoms with E-state index in [4.69, 9.17) is 17.3 Å². The summed E-state index contributed by atoms with van der Waals surface area (Å²) in [6.07, 6.45) is 6.49. The minimum absolute atomic E-state index is 0.160. The number of carbonyl (C=O) groups is 1. The van der Waals surface area contributed by atoms with E-state index in [1.807, 2.05) is 66.8 Å². The lowest BCUT2D eigenvalue weighted by Gasteiger charge is -2.08. The molecule has 1 heterocycles. The van der Waals surface area contributed by atoms with Gasteiger partial charge in [-0.2, -0.15) is 0 Å². The monoisotopic (exact) mass is 449 g/mol. The highest BCUT2D eigenvalue weighted by Crippen LogP contribution is 2.41. The van der Waals surface area contributed by atoms with Crippen LogP contribution in [-0.2, 0) is 11.3 Å². The number of halogens is 1. The fourth-order valence-corrected chi connectivity index (χ4v) is 4.08. The molecule has 0 aliphatic carbocycles. The molecule has 0 atom stereocenters. The van der Waals surface area contributed by atoms with Crippen molar-refractivity contribution in [3.63, 3.8) is 0 Å². The van der Waals surface area contributed by atoms with Crippen molar-refractivity contribution in [1.82, 2.24) is 5.32 Å². The summed E-state index contributed by atoms with van der Waals surface area (Å²) in [4.78, 5) is 19.1. The predicted molar refractivity (Wildman–Crippen MR) is 127 cm³/mol. The molecule has 0 aromatic heterocycles. The molecular weight excluding hydrogens is 430 g/mol. The second-order valence-corrected chi connectivity index (χ2v) is 7.87. The Bertz CT molecular complexity index is 1150. The Morgan fingerprint density at radius 2 is 1.87 bits per heavy atom. The van der Waals surface area contributed by atoms with Gasteiger partial charge in [-0.05, 0) is 42.0 Å². The van der Waals surface area contributed by atoms with E-state index < -0.39 is 0 Å². The number of nitrogens with one attached hydrogen (secondary N) is 1. The number of nitrogens with two attached hydrogens (primary N) is 1. The summed E-state index contributed by atoms with van der Waals surface area (Å²) in [5.41, 5.74) is 9.50. The normalized spacial score (nSPS) is 11.3. The fraction of sp³-hybridized carbons (Fsp3) is 0.0833. The lowest BCUT2D eigenvalue weighted by molar-refractivity contribution is 0.0951. The highest BCUT2D eigenvalue weighted by Gasteiger charge is 2.17. The van der Waals surface area contributed by atoms with E-state index in [0.29, 0.717) is 28.7 Å². The van der Waals surface area contributed by atoms with Crippen LogP contribution in [0.3, 0.4) is 0 Å². The number of fused-ring (bicyclic) bond motifs is 2. The molecule has 1 aliphatic heterocycles. The maximum absolute atomic E-state index is 12.5. The Labute approximate surface area is 190 Å². The third-order valence-corrected chi connectivity index (χ3v) is 5.75. The van der Waals surface area contributed by atoms with Gasteiger partial charge >= 0.3 is 0 Å². The number of nitrogens with zero attached hydrogens (tertiary/aromatic N) is 1. The summed E-state index contributed by atoms with van der Waals surface area (Å²) in [6.45, 7) is 0.431. The second kappa shape index (κ2) is 10.6. The Hall–Kier alpha value is -3.40. The van der Waals surface area contributed by atoms with Crippen molar-refractivity contribution in [2.45, 2.75) is 16.3 Å². The molecule has 0 radical (unpaired) electrons. The van der Waals surface area contributed by atoms with Crippen molar-refractivity contribution in [2.75, 3.05) is 12.8 Å². The molecule has 0 saturated carbocycles. The van der Waals surface area contributed by atoms with E-state index in [1.165, 1.54) is 7.11 Å². The quantitative estimate of drug-likeness (QED) is 0.425. The molecule has 4 rings (SSSR count). The van der Waals surface area contributed by atoms with Gasteiger partial charge in [-0.3, -0.25) is 4.79 Å². The standard InChI is InChI=1S/C21H16ClN3OS.C3H4O/c22-20-16-3-1-2-4-18(16)27-19-10-7-14(11-17(19)25-20)21(26)24-12-13-5-8-15(23)9-6-13;1-3-4-2/h1-11H,12,23H2,(H,24,26);1H,2H3. The van der Waals surface area contributed by atoms with Crippen LogP contribution >= 0.6 is 23.4 Å². The Balaban J connectivity index is 0.000000628. The van der Waals surface area contributed by atoms with Gasteiger partial charge in [0.1, 0.15) is 11.3 Å². The molecular formula is C24H20ClN3O2S. The number of methoxy groups -OCH3 is 1. The number of carbonyl (C=O) groups excluding carboxylic acids is 1. The van der Waals surface area contributed by atoms with Crippen LogP contribution in [0, 0.1) is 12.5 Å². The first-order valence-electron chi connectivity index (χ1n) is 9.28. The zero-order valence-electron chi connectivity index (χ0n) is 16.8. The molecule has 1 amide bonds. The number of rotatable bonds is 3. The van der Waals surface area contributed by atoms with Gasteiger partial charge in [0.25, 0.3) is 5.91 Å². The number of hydrogen-bond donors (Lipinski definition) is 2. The molecule has 0 spiro atoms. The van der Waals surface area contributed by atoms with Gasteiger partial charge in [-0.1, -0.05) is 60.1 Å². The van der Waals surface area contributed by atoms with Gasteiger partial charge in [0.05, 0.1) is 12.8 Å². The smallest absolute Gasteiger partial charge is 0.251 e. The Kier molecular flexibility index (Phi) is 7.60. The van der Waals surface area contributed by atoms with Gasteiger partial charge in [-0.15, -0.1) is 0 Å². The molecule has 0 saturated heterocycles. The van der Waals surface area contributed by atoms with Crippen LogP contribution in [0.4, 0.5) is 11.4 Å². The number of benzene rings is 3. The number of ether oxygens (including phenoxy) is 1. The van der Waals surface area contributed by atoms with E-state index in [1.54, 1.807) is 17.8 Å². The van der Waals surface area contributed by atoms with Crippen molar-refractivity contribution in [3.8, 4) is 12.5 Å². The first kappa shape index (κ1) is 22.3. The van der Waals surface area contributed by atoms with Crippen molar-refractivity contribution in [3.05, 3.63) is 83.4 Å². The van der Waals surface area contributed by atoms with Crippen LogP contribution in [-0.4, -0.2) is 18.2 Å². The zero-order chi connectivity index (χ0) is 22.2. The van der Waals surface area contributed by atoms with Gasteiger partial charge in [0, 0.05) is 33.2 Å². The second-order valence-electron chi connectivity index (χ2n) is 6.43. The Morgan fingerprint density at radius 1 is 1.16 bits per heavy atom. The summed E-state index contributed by atoms with van der Waals surface area (Å²) < 4.78 is 4.07. The molecule has 31 heavy (non-hydrogen) atoms. The van der Waals surface area contributed by atoms with Crippen molar-refractivity contribution < 1.29 is 9.53 Å². The average Bonchev–Trinajstić information content (AvgIpc) is 2.94. The van der Waals surface area contributed by atoms with Crippen LogP contribution in [0.5, 0.6) is 0 Å². The largest absolute Gasteiger partial charge is 0.450 e. The van der Waals surface area contributed by atoms with Gasteiger partial charge < -0.3 is 15.8 Å². The zero-order valence-corrected chi connectivity index (χ0v) is 18.3. The topological polar surface area (TPSA) is 76.7 Å². The Morgan fingerprint density at radius 3 is 2.58 bits per heavy atom. The van der Waals surface area contributed by atoms with Crippen LogP contribution in [0.15, 0.2) is 81.5 Å². The first-order valence-corrected chi connectivity index (χ1v) is 10.5. The van der Waals surface area contributed by atoms with E-state index in [9.17, 15) is 4.79 Å². The molecule has 0 bridgehead atoms. The number of terminal acetylenes is 1. The third kappa shape index (κ3) is 5.82. The summed E-state index contributed by atoms with van der Waals surface area (Å²) >= 11 is 7.99. The summed E-state index contributed by atoms with van der Waals surface area (Å²) in [5, 5.41) is 3.34. The highest BCUT2D eigenvalue weighted by atomic mass is 35.5. The molecule has 0 unspecified atom stereocenters. The van der Waals surface area contributed by atoms with Gasteiger partial charge in [0.15, 0.2) is 0 Å². The van der Waals surface area contributed by atoms with Crippen LogP contribution in [0.25, 0.3) is 0 Å². The van der Waals surface area contributed by atoms with Crippen LogP contribution < -0.4 is 11.1 Å². The maximum atomic E-state index is 12.5. The van der Waals surface area contributed by atoms with Crippen molar-refractivity contribution in [1.29, 1.82) is 0 Å². The summed E-state index contributed by atoms with van der Waals surface area (Å²) in [5.74, 6) is -0.160. The number of anilines is 1. The van der Waals surface area contributed by atoms with E-state index >= 15 is 0 Å².